The third-order valence-electron chi connectivity index (χ3n) is 5.03. The summed E-state index contributed by atoms with van der Waals surface area (Å²) in [5, 5.41) is -0.351. The molecule has 1 heterocycles. The Bertz CT molecular complexity index is 1300. The van der Waals surface area contributed by atoms with Crippen LogP contribution in [0, 0.1) is 3.57 Å². The number of imide groups is 1. The maximum Gasteiger partial charge on any atom is 0.343 e. The van der Waals surface area contributed by atoms with Gasteiger partial charge in [-0.15, -0.1) is 0 Å². The molecular formula is C27H22INO6S. The molecule has 1 saturated heterocycles. The van der Waals surface area contributed by atoms with Gasteiger partial charge in [0.2, 0.25) is 0 Å². The predicted molar refractivity (Wildman–Crippen MR) is 146 cm³/mol. The Balaban J connectivity index is 1.50. The molecule has 1 aliphatic heterocycles. The van der Waals surface area contributed by atoms with Gasteiger partial charge in [0, 0.05) is 0 Å². The number of thioether (sulfide) groups is 1. The van der Waals surface area contributed by atoms with Crippen molar-refractivity contribution in [1.82, 2.24) is 4.90 Å². The predicted octanol–water partition coefficient (Wildman–Crippen LogP) is 6.02. The molecule has 0 unspecified atom stereocenters. The average Bonchev–Trinajstić information content (AvgIpc) is 3.14. The van der Waals surface area contributed by atoms with Crippen molar-refractivity contribution in [1.29, 1.82) is 0 Å². The summed E-state index contributed by atoms with van der Waals surface area (Å²) in [6.45, 7) is 2.52. The van der Waals surface area contributed by atoms with Crippen LogP contribution in [0.5, 0.6) is 17.2 Å². The number of amides is 2. The Labute approximate surface area is 226 Å². The number of benzene rings is 3. The van der Waals surface area contributed by atoms with Crippen LogP contribution in [0.25, 0.3) is 6.08 Å². The van der Waals surface area contributed by atoms with Gasteiger partial charge in [-0.3, -0.25) is 14.5 Å². The van der Waals surface area contributed by atoms with E-state index in [1.807, 2.05) is 43.3 Å². The van der Waals surface area contributed by atoms with Crippen molar-refractivity contribution < 1.29 is 28.6 Å². The molecule has 3 aromatic rings. The summed E-state index contributed by atoms with van der Waals surface area (Å²) in [5.74, 6) is 0.464. The molecule has 2 amide bonds. The molecule has 0 aromatic heterocycles. The zero-order valence-corrected chi connectivity index (χ0v) is 22.3. The zero-order chi connectivity index (χ0) is 25.5. The number of rotatable bonds is 9. The Morgan fingerprint density at radius 3 is 2.39 bits per heavy atom. The summed E-state index contributed by atoms with van der Waals surface area (Å²) in [5.41, 5.74) is 1.07. The lowest BCUT2D eigenvalue weighted by atomic mass is 10.1. The number of esters is 1. The SMILES string of the molecule is CCOc1cc(/C=C2\SC(=O)N(CCOc3ccccc3)C2=O)cc(I)c1OC(=O)c1ccccc1. The molecule has 0 spiro atoms. The number of halogens is 1. The molecule has 184 valence electrons. The number of hydrogen-bond donors (Lipinski definition) is 0. The fourth-order valence-electron chi connectivity index (χ4n) is 3.37. The average molecular weight is 615 g/mol. The topological polar surface area (TPSA) is 82.1 Å². The molecule has 0 bridgehead atoms. The molecule has 0 radical (unpaired) electrons. The second kappa shape index (κ2) is 12.1. The number of para-hydroxylation sites is 1. The van der Waals surface area contributed by atoms with E-state index in [2.05, 4.69) is 22.6 Å². The smallest absolute Gasteiger partial charge is 0.343 e. The molecule has 0 atom stereocenters. The molecule has 0 aliphatic carbocycles. The molecule has 1 aliphatic rings. The molecule has 0 N–H and O–H groups in total. The van der Waals surface area contributed by atoms with Crippen LogP contribution in [0.3, 0.4) is 0 Å². The normalized spacial score (nSPS) is 14.3. The van der Waals surface area contributed by atoms with Crippen molar-refractivity contribution in [3.63, 3.8) is 0 Å². The van der Waals surface area contributed by atoms with Gasteiger partial charge in [-0.05, 0) is 89.3 Å². The van der Waals surface area contributed by atoms with E-state index in [-0.39, 0.29) is 24.3 Å². The summed E-state index contributed by atoms with van der Waals surface area (Å²) in [6, 6.07) is 21.3. The molecule has 3 aromatic carbocycles. The highest BCUT2D eigenvalue weighted by molar-refractivity contribution is 14.1. The molecule has 36 heavy (non-hydrogen) atoms. The van der Waals surface area contributed by atoms with Crippen molar-refractivity contribution in [3.05, 3.63) is 92.4 Å². The lowest BCUT2D eigenvalue weighted by Gasteiger charge is -2.14. The van der Waals surface area contributed by atoms with Crippen LogP contribution in [0.4, 0.5) is 4.79 Å². The van der Waals surface area contributed by atoms with Crippen LogP contribution < -0.4 is 14.2 Å². The van der Waals surface area contributed by atoms with E-state index in [0.717, 1.165) is 11.8 Å². The van der Waals surface area contributed by atoms with Crippen molar-refractivity contribution in [3.8, 4) is 17.2 Å². The van der Waals surface area contributed by atoms with Crippen LogP contribution in [0.15, 0.2) is 77.7 Å². The molecule has 9 heteroatoms. The first-order chi connectivity index (χ1) is 17.5. The number of hydrogen-bond acceptors (Lipinski definition) is 7. The van der Waals surface area contributed by atoms with Crippen molar-refractivity contribution in [2.45, 2.75) is 6.92 Å². The Kier molecular flexibility index (Phi) is 8.65. The van der Waals surface area contributed by atoms with E-state index in [0.29, 0.717) is 43.5 Å². The minimum Gasteiger partial charge on any atom is -0.492 e. The quantitative estimate of drug-likeness (QED) is 0.126. The largest absolute Gasteiger partial charge is 0.492 e. The van der Waals surface area contributed by atoms with E-state index in [4.69, 9.17) is 14.2 Å². The van der Waals surface area contributed by atoms with Gasteiger partial charge in [-0.25, -0.2) is 4.79 Å². The highest BCUT2D eigenvalue weighted by Gasteiger charge is 2.35. The first kappa shape index (κ1) is 25.8. The van der Waals surface area contributed by atoms with Gasteiger partial charge in [0.1, 0.15) is 12.4 Å². The van der Waals surface area contributed by atoms with Gasteiger partial charge in [-0.1, -0.05) is 36.4 Å². The maximum absolute atomic E-state index is 12.9. The minimum atomic E-state index is -0.499. The lowest BCUT2D eigenvalue weighted by Crippen LogP contribution is -2.32. The summed E-state index contributed by atoms with van der Waals surface area (Å²) in [7, 11) is 0. The summed E-state index contributed by atoms with van der Waals surface area (Å²) < 4.78 is 17.6. The third kappa shape index (κ3) is 6.27. The third-order valence-corrected chi connectivity index (χ3v) is 6.74. The first-order valence-electron chi connectivity index (χ1n) is 11.1. The molecule has 4 rings (SSSR count). The maximum atomic E-state index is 12.9. The van der Waals surface area contributed by atoms with E-state index in [1.54, 1.807) is 42.5 Å². The molecule has 1 fully saturated rings. The van der Waals surface area contributed by atoms with Gasteiger partial charge in [0.15, 0.2) is 11.5 Å². The first-order valence-corrected chi connectivity index (χ1v) is 13.0. The summed E-state index contributed by atoms with van der Waals surface area (Å²) >= 11 is 2.93. The fourth-order valence-corrected chi connectivity index (χ4v) is 4.98. The van der Waals surface area contributed by atoms with Crippen molar-refractivity contribution in [2.24, 2.45) is 0 Å². The van der Waals surface area contributed by atoms with Crippen molar-refractivity contribution >= 4 is 57.5 Å². The highest BCUT2D eigenvalue weighted by Crippen LogP contribution is 2.38. The lowest BCUT2D eigenvalue weighted by molar-refractivity contribution is -0.123. The van der Waals surface area contributed by atoms with Gasteiger partial charge in [0.25, 0.3) is 11.1 Å². The van der Waals surface area contributed by atoms with Gasteiger partial charge in [0.05, 0.1) is 27.2 Å². The van der Waals surface area contributed by atoms with Crippen LogP contribution >= 0.6 is 34.4 Å². The van der Waals surface area contributed by atoms with Crippen LogP contribution in [0.1, 0.15) is 22.8 Å². The number of carbonyl (C=O) groups is 3. The van der Waals surface area contributed by atoms with E-state index in [9.17, 15) is 14.4 Å². The Morgan fingerprint density at radius 2 is 1.69 bits per heavy atom. The molecule has 7 nitrogen and oxygen atoms in total. The standard InChI is InChI=1S/C27H22INO6S/c1-2-33-22-16-18(15-21(28)24(22)35-26(31)19-9-5-3-6-10-19)17-23-25(30)29(27(32)36-23)13-14-34-20-11-7-4-8-12-20/h3-12,15-17H,2,13-14H2,1H3/b23-17-. The van der Waals surface area contributed by atoms with Crippen molar-refractivity contribution in [2.75, 3.05) is 19.8 Å². The summed E-state index contributed by atoms with van der Waals surface area (Å²) in [4.78, 5) is 39.4. The number of carbonyl (C=O) groups excluding carboxylic acids is 3. The highest BCUT2D eigenvalue weighted by atomic mass is 127. The second-order valence-electron chi connectivity index (χ2n) is 7.51. The van der Waals surface area contributed by atoms with Gasteiger partial charge in [-0.2, -0.15) is 0 Å². The zero-order valence-electron chi connectivity index (χ0n) is 19.3. The molecule has 0 saturated carbocycles. The van der Waals surface area contributed by atoms with Crippen LogP contribution in [-0.4, -0.2) is 41.8 Å². The second-order valence-corrected chi connectivity index (χ2v) is 9.67. The number of nitrogens with zero attached hydrogens (tertiary/aromatic N) is 1. The monoisotopic (exact) mass is 615 g/mol. The van der Waals surface area contributed by atoms with Crippen LogP contribution in [0.2, 0.25) is 0 Å². The van der Waals surface area contributed by atoms with E-state index in [1.165, 1.54) is 4.90 Å². The van der Waals surface area contributed by atoms with Gasteiger partial charge < -0.3 is 14.2 Å². The van der Waals surface area contributed by atoms with E-state index >= 15 is 0 Å². The number of ether oxygens (including phenoxy) is 3. The summed E-state index contributed by atoms with van der Waals surface area (Å²) in [6.07, 6.45) is 1.64. The Hall–Kier alpha value is -3.31. The Morgan fingerprint density at radius 1 is 1.00 bits per heavy atom. The van der Waals surface area contributed by atoms with E-state index < -0.39 is 5.97 Å². The minimum absolute atomic E-state index is 0.146. The fraction of sp³-hybridized carbons (Fsp3) is 0.148. The van der Waals surface area contributed by atoms with Crippen LogP contribution in [-0.2, 0) is 4.79 Å². The molecular weight excluding hydrogens is 593 g/mol. The van der Waals surface area contributed by atoms with Gasteiger partial charge >= 0.3 is 5.97 Å².